The Bertz CT molecular complexity index is 157. The number of hydrogen-bond donors (Lipinski definition) is 1. The molecule has 0 saturated carbocycles. The van der Waals surface area contributed by atoms with E-state index in [1.807, 2.05) is 13.0 Å². The second-order valence-electron chi connectivity index (χ2n) is 3.09. The van der Waals surface area contributed by atoms with E-state index in [4.69, 9.17) is 4.74 Å². The third kappa shape index (κ3) is 9.26. The Morgan fingerprint density at radius 1 is 1.43 bits per heavy atom. The molecule has 0 amide bonds. The largest absolute Gasteiger partial charge is 0.466 e. The van der Waals surface area contributed by atoms with E-state index < -0.39 is 0 Å². The van der Waals surface area contributed by atoms with E-state index >= 15 is 0 Å². The fraction of sp³-hybridized carbons (Fsp3) is 0.727. The van der Waals surface area contributed by atoms with E-state index in [9.17, 15) is 4.79 Å². The van der Waals surface area contributed by atoms with Crippen molar-refractivity contribution in [2.75, 3.05) is 19.7 Å². The molecule has 3 nitrogen and oxygen atoms in total. The van der Waals surface area contributed by atoms with Crippen molar-refractivity contribution >= 4 is 5.97 Å². The minimum atomic E-state index is -0.0969. The van der Waals surface area contributed by atoms with Gasteiger partial charge >= 0.3 is 5.97 Å². The lowest BCUT2D eigenvalue weighted by molar-refractivity contribution is -0.143. The average Bonchev–Trinajstić information content (AvgIpc) is 2.17. The Hall–Kier alpha value is -0.830. The van der Waals surface area contributed by atoms with Gasteiger partial charge in [0.1, 0.15) is 0 Å². The van der Waals surface area contributed by atoms with E-state index in [0.717, 1.165) is 32.4 Å². The third-order valence-electron chi connectivity index (χ3n) is 1.80. The Balaban J connectivity index is 3.05. The zero-order valence-corrected chi connectivity index (χ0v) is 9.05. The van der Waals surface area contributed by atoms with Crippen LogP contribution in [-0.2, 0) is 9.53 Å². The predicted molar refractivity (Wildman–Crippen MR) is 58.2 cm³/mol. The summed E-state index contributed by atoms with van der Waals surface area (Å²) in [4.78, 5) is 10.9. The Labute approximate surface area is 86.5 Å². The number of unbranched alkanes of at least 4 members (excludes halogenated alkanes) is 1. The highest BCUT2D eigenvalue weighted by Crippen LogP contribution is 1.92. The van der Waals surface area contributed by atoms with Crippen LogP contribution in [0.15, 0.2) is 12.7 Å². The molecular formula is C11H21NO2. The molecule has 14 heavy (non-hydrogen) atoms. The first-order chi connectivity index (χ1) is 6.81. The molecule has 0 aliphatic carbocycles. The summed E-state index contributed by atoms with van der Waals surface area (Å²) in [7, 11) is 0. The third-order valence-corrected chi connectivity index (χ3v) is 1.80. The molecule has 0 bridgehead atoms. The van der Waals surface area contributed by atoms with E-state index in [2.05, 4.69) is 11.9 Å². The van der Waals surface area contributed by atoms with E-state index in [0.29, 0.717) is 13.0 Å². The van der Waals surface area contributed by atoms with Gasteiger partial charge in [0.15, 0.2) is 0 Å². The molecule has 82 valence electrons. The molecule has 0 rings (SSSR count). The predicted octanol–water partition coefficient (Wildman–Crippen LogP) is 1.89. The molecule has 0 aliphatic heterocycles. The molecule has 0 spiro atoms. The van der Waals surface area contributed by atoms with Crippen LogP contribution in [0.1, 0.15) is 32.6 Å². The molecule has 0 aromatic carbocycles. The van der Waals surface area contributed by atoms with Gasteiger partial charge in [-0.2, -0.15) is 0 Å². The molecule has 0 saturated heterocycles. The van der Waals surface area contributed by atoms with Crippen LogP contribution in [0.3, 0.4) is 0 Å². The van der Waals surface area contributed by atoms with Crippen LogP contribution in [0.25, 0.3) is 0 Å². The number of carbonyl (C=O) groups is 1. The van der Waals surface area contributed by atoms with Crippen LogP contribution in [0.5, 0.6) is 0 Å². The molecule has 0 unspecified atom stereocenters. The van der Waals surface area contributed by atoms with Crippen molar-refractivity contribution in [1.29, 1.82) is 0 Å². The van der Waals surface area contributed by atoms with Crippen molar-refractivity contribution in [3.63, 3.8) is 0 Å². The van der Waals surface area contributed by atoms with Gasteiger partial charge in [0.2, 0.25) is 0 Å². The molecule has 0 aliphatic rings. The van der Waals surface area contributed by atoms with Gasteiger partial charge in [0, 0.05) is 6.42 Å². The van der Waals surface area contributed by atoms with E-state index in [1.54, 1.807) is 0 Å². The van der Waals surface area contributed by atoms with Crippen molar-refractivity contribution in [1.82, 2.24) is 5.32 Å². The quantitative estimate of drug-likeness (QED) is 0.350. The summed E-state index contributed by atoms with van der Waals surface area (Å²) in [5, 5.41) is 3.26. The lowest BCUT2D eigenvalue weighted by Crippen LogP contribution is -2.17. The van der Waals surface area contributed by atoms with Crippen molar-refractivity contribution in [2.45, 2.75) is 32.6 Å². The summed E-state index contributed by atoms with van der Waals surface area (Å²) in [5.74, 6) is -0.0969. The van der Waals surface area contributed by atoms with Crippen LogP contribution in [0, 0.1) is 0 Å². The maximum atomic E-state index is 10.9. The zero-order valence-electron chi connectivity index (χ0n) is 9.05. The molecule has 0 atom stereocenters. The standard InChI is InChI=1S/C11H21NO2/c1-3-5-6-9-12-10-7-8-11(13)14-4-2/h3,12H,1,4-10H2,2H3. The van der Waals surface area contributed by atoms with Gasteiger partial charge in [-0.05, 0) is 39.3 Å². The van der Waals surface area contributed by atoms with Gasteiger partial charge in [0.25, 0.3) is 0 Å². The molecule has 0 radical (unpaired) electrons. The Kier molecular flexibility index (Phi) is 9.64. The summed E-state index contributed by atoms with van der Waals surface area (Å²) in [6.07, 6.45) is 5.45. The van der Waals surface area contributed by atoms with E-state index in [-0.39, 0.29) is 5.97 Å². The van der Waals surface area contributed by atoms with Crippen molar-refractivity contribution < 1.29 is 9.53 Å². The summed E-state index contributed by atoms with van der Waals surface area (Å²) in [6.45, 7) is 7.83. The number of esters is 1. The van der Waals surface area contributed by atoms with Crippen LogP contribution in [0.2, 0.25) is 0 Å². The summed E-state index contributed by atoms with van der Waals surface area (Å²) < 4.78 is 4.81. The number of rotatable bonds is 9. The smallest absolute Gasteiger partial charge is 0.305 e. The lowest BCUT2D eigenvalue weighted by Gasteiger charge is -2.03. The normalized spacial score (nSPS) is 9.79. The van der Waals surface area contributed by atoms with Crippen LogP contribution in [0.4, 0.5) is 0 Å². The monoisotopic (exact) mass is 199 g/mol. The second-order valence-corrected chi connectivity index (χ2v) is 3.09. The van der Waals surface area contributed by atoms with E-state index in [1.165, 1.54) is 0 Å². The van der Waals surface area contributed by atoms with Crippen molar-refractivity contribution in [3.8, 4) is 0 Å². The summed E-state index contributed by atoms with van der Waals surface area (Å²) >= 11 is 0. The molecule has 0 heterocycles. The number of nitrogens with one attached hydrogen (secondary N) is 1. The highest BCUT2D eigenvalue weighted by atomic mass is 16.5. The van der Waals surface area contributed by atoms with Gasteiger partial charge < -0.3 is 10.1 Å². The Morgan fingerprint density at radius 2 is 2.14 bits per heavy atom. The SMILES string of the molecule is C=CCCCNCCCC(=O)OCC. The molecule has 1 N–H and O–H groups in total. The highest BCUT2D eigenvalue weighted by molar-refractivity contribution is 5.69. The van der Waals surface area contributed by atoms with Crippen molar-refractivity contribution in [3.05, 3.63) is 12.7 Å². The zero-order chi connectivity index (χ0) is 10.6. The number of ether oxygens (including phenoxy) is 1. The molecular weight excluding hydrogens is 178 g/mol. The highest BCUT2D eigenvalue weighted by Gasteiger charge is 1.99. The Morgan fingerprint density at radius 3 is 2.79 bits per heavy atom. The van der Waals surface area contributed by atoms with Gasteiger partial charge in [-0.1, -0.05) is 6.08 Å². The fourth-order valence-electron chi connectivity index (χ4n) is 1.09. The molecule has 0 aromatic heterocycles. The maximum absolute atomic E-state index is 10.9. The summed E-state index contributed by atoms with van der Waals surface area (Å²) in [5.41, 5.74) is 0. The van der Waals surface area contributed by atoms with Gasteiger partial charge in [-0.3, -0.25) is 4.79 Å². The molecule has 0 aromatic rings. The van der Waals surface area contributed by atoms with Crippen molar-refractivity contribution in [2.24, 2.45) is 0 Å². The summed E-state index contributed by atoms with van der Waals surface area (Å²) in [6, 6.07) is 0. The first-order valence-corrected chi connectivity index (χ1v) is 5.28. The van der Waals surface area contributed by atoms with Gasteiger partial charge in [0.05, 0.1) is 6.61 Å². The first kappa shape index (κ1) is 13.2. The second kappa shape index (κ2) is 10.3. The average molecular weight is 199 g/mol. The fourth-order valence-corrected chi connectivity index (χ4v) is 1.09. The van der Waals surface area contributed by atoms with Crippen LogP contribution in [-0.4, -0.2) is 25.7 Å². The van der Waals surface area contributed by atoms with Gasteiger partial charge in [-0.25, -0.2) is 0 Å². The minimum absolute atomic E-state index is 0.0969. The number of allylic oxidation sites excluding steroid dienone is 1. The minimum Gasteiger partial charge on any atom is -0.466 e. The van der Waals surface area contributed by atoms with Crippen LogP contribution >= 0.6 is 0 Å². The lowest BCUT2D eigenvalue weighted by atomic mass is 10.3. The van der Waals surface area contributed by atoms with Crippen LogP contribution < -0.4 is 5.32 Å². The maximum Gasteiger partial charge on any atom is 0.305 e. The number of hydrogen-bond acceptors (Lipinski definition) is 3. The van der Waals surface area contributed by atoms with Gasteiger partial charge in [-0.15, -0.1) is 6.58 Å². The topological polar surface area (TPSA) is 38.3 Å². The first-order valence-electron chi connectivity index (χ1n) is 5.28. The molecule has 0 fully saturated rings. The number of carbonyl (C=O) groups excluding carboxylic acids is 1. The molecule has 3 heteroatoms.